The van der Waals surface area contributed by atoms with Crippen LogP contribution in [0.4, 0.5) is 0 Å². The second kappa shape index (κ2) is 6.52. The molecule has 2 heterocycles. The van der Waals surface area contributed by atoms with Gasteiger partial charge in [-0.05, 0) is 43.1 Å². The number of hydrogen-bond donors (Lipinski definition) is 1. The van der Waals surface area contributed by atoms with Crippen LogP contribution in [0.2, 0.25) is 0 Å². The first-order chi connectivity index (χ1) is 9.45. The van der Waals surface area contributed by atoms with Crippen LogP contribution in [0.25, 0.3) is 6.08 Å². The Morgan fingerprint density at radius 3 is 2.90 bits per heavy atom. The molecule has 0 aromatic carbocycles. The van der Waals surface area contributed by atoms with E-state index in [0.29, 0.717) is 12.0 Å². The Morgan fingerprint density at radius 2 is 2.30 bits per heavy atom. The van der Waals surface area contributed by atoms with Crippen molar-refractivity contribution in [3.8, 4) is 0 Å². The van der Waals surface area contributed by atoms with Crippen molar-refractivity contribution in [3.63, 3.8) is 0 Å². The zero-order chi connectivity index (χ0) is 14.7. The summed E-state index contributed by atoms with van der Waals surface area (Å²) < 4.78 is 0. The third-order valence-corrected chi connectivity index (χ3v) is 4.72. The van der Waals surface area contributed by atoms with Gasteiger partial charge in [-0.1, -0.05) is 6.92 Å². The van der Waals surface area contributed by atoms with Gasteiger partial charge in [0.15, 0.2) is 0 Å². The van der Waals surface area contributed by atoms with Crippen molar-refractivity contribution < 1.29 is 9.90 Å². The molecule has 2 atom stereocenters. The molecule has 1 fully saturated rings. The summed E-state index contributed by atoms with van der Waals surface area (Å²) in [5, 5.41) is 10.6. The Morgan fingerprint density at radius 1 is 1.55 bits per heavy atom. The Kier molecular flexibility index (Phi) is 4.96. The first-order valence-corrected chi connectivity index (χ1v) is 7.71. The van der Waals surface area contributed by atoms with Gasteiger partial charge in [0.05, 0.1) is 0 Å². The molecule has 1 aromatic rings. The van der Waals surface area contributed by atoms with E-state index in [4.69, 9.17) is 5.11 Å². The van der Waals surface area contributed by atoms with Crippen molar-refractivity contribution in [2.24, 2.45) is 5.92 Å². The molecule has 0 radical (unpaired) electrons. The molecule has 1 aliphatic rings. The number of carboxylic acids is 1. The molecule has 0 aliphatic carbocycles. The molecule has 2 unspecified atom stereocenters. The first-order valence-electron chi connectivity index (χ1n) is 6.83. The zero-order valence-corrected chi connectivity index (χ0v) is 13.1. The average Bonchev–Trinajstić information content (AvgIpc) is 2.94. The molecule has 110 valence electrons. The molecule has 0 saturated carbocycles. The van der Waals surface area contributed by atoms with Crippen molar-refractivity contribution in [2.75, 3.05) is 27.2 Å². The van der Waals surface area contributed by atoms with E-state index in [9.17, 15) is 4.79 Å². The summed E-state index contributed by atoms with van der Waals surface area (Å²) in [6, 6.07) is 2.71. The molecule has 1 aliphatic heterocycles. The maximum absolute atomic E-state index is 10.5. The van der Waals surface area contributed by atoms with Crippen LogP contribution in [0.15, 0.2) is 17.5 Å². The van der Waals surface area contributed by atoms with Crippen LogP contribution in [0.1, 0.15) is 17.4 Å². The number of likely N-dealkylation sites (N-methyl/N-ethyl adjacent to an activating group) is 1. The van der Waals surface area contributed by atoms with Crippen LogP contribution in [-0.2, 0) is 11.3 Å². The van der Waals surface area contributed by atoms with Crippen molar-refractivity contribution in [1.82, 2.24) is 9.80 Å². The van der Waals surface area contributed by atoms with Crippen molar-refractivity contribution >= 4 is 23.4 Å². The highest BCUT2D eigenvalue weighted by atomic mass is 32.1. The number of aliphatic carboxylic acids is 1. The highest BCUT2D eigenvalue weighted by Gasteiger charge is 2.30. The highest BCUT2D eigenvalue weighted by molar-refractivity contribution is 7.10. The number of hydrogen-bond acceptors (Lipinski definition) is 4. The van der Waals surface area contributed by atoms with Crippen LogP contribution in [0, 0.1) is 5.92 Å². The minimum atomic E-state index is -0.903. The standard InChI is InChI=1S/C15H22N2O2S/c1-11-7-17(9-14(11)16(2)3)8-13-6-12(10-20-13)4-5-15(18)19/h4-6,10-11,14H,7-9H2,1-3H3,(H,18,19)/b5-4+. The molecule has 1 aromatic heterocycles. The van der Waals surface area contributed by atoms with E-state index in [1.807, 2.05) is 5.38 Å². The van der Waals surface area contributed by atoms with Crippen molar-refractivity contribution in [1.29, 1.82) is 0 Å². The Bertz CT molecular complexity index is 496. The van der Waals surface area contributed by atoms with Crippen LogP contribution in [-0.4, -0.2) is 54.1 Å². The normalized spacial score (nSPS) is 24.0. The van der Waals surface area contributed by atoms with Gasteiger partial charge in [0, 0.05) is 36.6 Å². The molecule has 2 rings (SSSR count). The topological polar surface area (TPSA) is 43.8 Å². The lowest BCUT2D eigenvalue weighted by Gasteiger charge is -2.22. The Labute approximate surface area is 124 Å². The number of thiophene rings is 1. The maximum atomic E-state index is 10.5. The van der Waals surface area contributed by atoms with E-state index in [1.54, 1.807) is 17.4 Å². The quantitative estimate of drug-likeness (QED) is 0.846. The fraction of sp³-hybridized carbons (Fsp3) is 0.533. The molecular weight excluding hydrogens is 272 g/mol. The number of carboxylic acid groups (broad SMARTS) is 1. The number of rotatable bonds is 5. The van der Waals surface area contributed by atoms with E-state index >= 15 is 0 Å². The predicted octanol–water partition coefficient (Wildman–Crippen LogP) is 2.23. The SMILES string of the molecule is CC1CN(Cc2cc(/C=C/C(=O)O)cs2)CC1N(C)C. The largest absolute Gasteiger partial charge is 0.478 e. The van der Waals surface area contributed by atoms with Gasteiger partial charge in [-0.2, -0.15) is 0 Å². The molecule has 0 bridgehead atoms. The van der Waals surface area contributed by atoms with Crippen LogP contribution in [0.5, 0.6) is 0 Å². The second-order valence-electron chi connectivity index (χ2n) is 5.72. The minimum absolute atomic E-state index is 0.626. The number of likely N-dealkylation sites (tertiary alicyclic amines) is 1. The van der Waals surface area contributed by atoms with Crippen molar-refractivity contribution in [3.05, 3.63) is 28.0 Å². The summed E-state index contributed by atoms with van der Waals surface area (Å²) in [6.45, 7) is 5.49. The lowest BCUT2D eigenvalue weighted by Crippen LogP contribution is -2.34. The summed E-state index contributed by atoms with van der Waals surface area (Å²) in [5.74, 6) is -0.212. The lowest BCUT2D eigenvalue weighted by molar-refractivity contribution is -0.131. The van der Waals surface area contributed by atoms with E-state index in [0.717, 1.165) is 25.2 Å². The minimum Gasteiger partial charge on any atom is -0.478 e. The van der Waals surface area contributed by atoms with E-state index < -0.39 is 5.97 Å². The fourth-order valence-corrected chi connectivity index (χ4v) is 3.70. The second-order valence-corrected chi connectivity index (χ2v) is 6.72. The molecule has 20 heavy (non-hydrogen) atoms. The molecule has 4 nitrogen and oxygen atoms in total. The molecule has 1 saturated heterocycles. The van der Waals surface area contributed by atoms with Gasteiger partial charge in [-0.25, -0.2) is 4.79 Å². The molecule has 0 spiro atoms. The summed E-state index contributed by atoms with van der Waals surface area (Å²) in [7, 11) is 4.29. The smallest absolute Gasteiger partial charge is 0.328 e. The van der Waals surface area contributed by atoms with Gasteiger partial charge in [0.1, 0.15) is 0 Å². The lowest BCUT2D eigenvalue weighted by atomic mass is 10.1. The molecule has 5 heteroatoms. The third-order valence-electron chi connectivity index (χ3n) is 3.78. The van der Waals surface area contributed by atoms with Gasteiger partial charge in [-0.3, -0.25) is 4.90 Å². The molecule has 0 amide bonds. The van der Waals surface area contributed by atoms with Gasteiger partial charge in [0.2, 0.25) is 0 Å². The maximum Gasteiger partial charge on any atom is 0.328 e. The number of nitrogens with zero attached hydrogens (tertiary/aromatic N) is 2. The van der Waals surface area contributed by atoms with E-state index in [2.05, 4.69) is 36.9 Å². The summed E-state index contributed by atoms with van der Waals surface area (Å²) in [6.07, 6.45) is 2.84. The van der Waals surface area contributed by atoms with Crippen LogP contribution >= 0.6 is 11.3 Å². The van der Waals surface area contributed by atoms with Crippen LogP contribution in [0.3, 0.4) is 0 Å². The van der Waals surface area contributed by atoms with Crippen molar-refractivity contribution in [2.45, 2.75) is 19.5 Å². The predicted molar refractivity (Wildman–Crippen MR) is 82.9 cm³/mol. The van der Waals surface area contributed by atoms with Crippen LogP contribution < -0.4 is 0 Å². The monoisotopic (exact) mass is 294 g/mol. The third kappa shape index (κ3) is 3.91. The Hall–Kier alpha value is -1.17. The van der Waals surface area contributed by atoms with E-state index in [1.165, 1.54) is 11.0 Å². The first kappa shape index (κ1) is 15.2. The van der Waals surface area contributed by atoms with Gasteiger partial charge in [0.25, 0.3) is 0 Å². The summed E-state index contributed by atoms with van der Waals surface area (Å²) >= 11 is 1.70. The van der Waals surface area contributed by atoms with E-state index in [-0.39, 0.29) is 0 Å². The number of carbonyl (C=O) groups is 1. The Balaban J connectivity index is 1.93. The van der Waals surface area contributed by atoms with Gasteiger partial charge in [-0.15, -0.1) is 11.3 Å². The summed E-state index contributed by atoms with van der Waals surface area (Å²) in [4.78, 5) is 16.6. The molecule has 1 N–H and O–H groups in total. The summed E-state index contributed by atoms with van der Waals surface area (Å²) in [5.41, 5.74) is 0.976. The van der Waals surface area contributed by atoms with Gasteiger partial charge < -0.3 is 10.0 Å². The van der Waals surface area contributed by atoms with Gasteiger partial charge >= 0.3 is 5.97 Å². The average molecular weight is 294 g/mol. The fourth-order valence-electron chi connectivity index (χ4n) is 2.81. The molecular formula is C15H22N2O2S. The zero-order valence-electron chi connectivity index (χ0n) is 12.2. The highest BCUT2D eigenvalue weighted by Crippen LogP contribution is 2.24.